The second-order valence-electron chi connectivity index (χ2n) is 12.4. The van der Waals surface area contributed by atoms with E-state index < -0.39 is 40.3 Å². The van der Waals surface area contributed by atoms with E-state index in [-0.39, 0.29) is 69.1 Å². The number of aromatic nitrogens is 2. The second-order valence-corrected chi connectivity index (χ2v) is 12.4. The number of rotatable bonds is 9. The van der Waals surface area contributed by atoms with Crippen LogP contribution in [0.1, 0.15) is 49.2 Å². The van der Waals surface area contributed by atoms with Gasteiger partial charge < -0.3 is 19.7 Å². The van der Waals surface area contributed by atoms with Crippen LogP contribution in [0.2, 0.25) is 0 Å². The third-order valence-corrected chi connectivity index (χ3v) is 8.53. The molecule has 0 radical (unpaired) electrons. The van der Waals surface area contributed by atoms with Gasteiger partial charge in [0.15, 0.2) is 11.6 Å². The fourth-order valence-corrected chi connectivity index (χ4v) is 5.89. The number of hydrogen-bond donors (Lipinski definition) is 2. The highest BCUT2D eigenvalue weighted by Crippen LogP contribution is 2.44. The lowest BCUT2D eigenvalue weighted by Crippen LogP contribution is -2.30. The summed E-state index contributed by atoms with van der Waals surface area (Å²) in [5.41, 5.74) is -3.90. The molecule has 4 aromatic carbocycles. The van der Waals surface area contributed by atoms with Gasteiger partial charge in [0.25, 0.3) is 0 Å². The Balaban J connectivity index is 1.29. The van der Waals surface area contributed by atoms with Crippen molar-refractivity contribution in [2.45, 2.75) is 51.7 Å². The van der Waals surface area contributed by atoms with Crippen molar-refractivity contribution >= 4 is 21.8 Å². The van der Waals surface area contributed by atoms with Crippen LogP contribution in [-0.4, -0.2) is 20.2 Å². The molecule has 2 N–H and O–H groups in total. The molecule has 0 fully saturated rings. The first kappa shape index (κ1) is 33.8. The molecular weight excluding hydrogens is 643 g/mol. The summed E-state index contributed by atoms with van der Waals surface area (Å²) < 4.78 is 85.4. The van der Waals surface area contributed by atoms with Gasteiger partial charge in [-0.3, -0.25) is 0 Å². The Hall–Kier alpha value is -5.13. The van der Waals surface area contributed by atoms with E-state index in [9.17, 15) is 23.4 Å². The lowest BCUT2D eigenvalue weighted by atomic mass is 9.82. The molecule has 0 amide bonds. The molecule has 0 aliphatic carbocycles. The van der Waals surface area contributed by atoms with E-state index >= 15 is 8.78 Å². The van der Waals surface area contributed by atoms with Crippen LogP contribution < -0.4 is 9.47 Å². The lowest BCUT2D eigenvalue weighted by molar-refractivity contribution is -0.0129. The van der Waals surface area contributed by atoms with Crippen molar-refractivity contribution < 1.29 is 41.6 Å². The first-order valence-corrected chi connectivity index (χ1v) is 15.4. The Morgan fingerprint density at radius 3 is 1.53 bits per heavy atom. The Morgan fingerprint density at radius 1 is 0.551 bits per heavy atom. The molecule has 6 nitrogen and oxygen atoms in total. The van der Waals surface area contributed by atoms with Crippen LogP contribution in [0.4, 0.5) is 22.0 Å². The van der Waals surface area contributed by atoms with Crippen LogP contribution in [0.15, 0.2) is 78.9 Å². The molecule has 49 heavy (non-hydrogen) atoms. The quantitative estimate of drug-likeness (QED) is 0.149. The van der Waals surface area contributed by atoms with Crippen LogP contribution >= 0.6 is 0 Å². The number of hydrogen-bond acceptors (Lipinski definition) is 6. The van der Waals surface area contributed by atoms with E-state index in [1.165, 1.54) is 69.3 Å². The van der Waals surface area contributed by atoms with Gasteiger partial charge in [0, 0.05) is 10.8 Å². The summed E-state index contributed by atoms with van der Waals surface area (Å²) in [4.78, 5) is 8.41. The number of fused-ring (bicyclic) bond motifs is 2. The third-order valence-electron chi connectivity index (χ3n) is 8.53. The van der Waals surface area contributed by atoms with Crippen molar-refractivity contribution in [3.8, 4) is 23.0 Å². The van der Waals surface area contributed by atoms with E-state index in [2.05, 4.69) is 9.97 Å². The minimum Gasteiger partial charge on any atom is -0.455 e. The maximum absolute atomic E-state index is 15.5. The van der Waals surface area contributed by atoms with Gasteiger partial charge in [-0.05, 0) is 95.1 Å². The standard InChI is InChI=1S/C38H31F5N2O4/c1-20-30(18-22-8-5-11-27(42)35(22)44-20)48-28-12-6-9-24(39)32(28)37(3,46)16-17-38(4,47)33-25(40)10-7-13-29(33)49-31-19-23-14-15-26(41)34(43)36(23)45-21(31)2/h5-15,18-19,46-47H,16-17H2,1-4H3. The number of ether oxygens (including phenoxy) is 2. The molecule has 0 aliphatic heterocycles. The number of halogens is 5. The number of pyridine rings is 2. The van der Waals surface area contributed by atoms with E-state index in [0.717, 1.165) is 18.2 Å². The highest BCUT2D eigenvalue weighted by atomic mass is 19.2. The van der Waals surface area contributed by atoms with E-state index in [1.54, 1.807) is 19.1 Å². The molecule has 0 aliphatic rings. The maximum Gasteiger partial charge on any atom is 0.184 e. The molecule has 0 bridgehead atoms. The Kier molecular flexibility index (Phi) is 8.76. The molecule has 11 heteroatoms. The van der Waals surface area contributed by atoms with Crippen LogP contribution in [0.3, 0.4) is 0 Å². The molecule has 252 valence electrons. The second kappa shape index (κ2) is 12.7. The zero-order valence-corrected chi connectivity index (χ0v) is 26.9. The van der Waals surface area contributed by atoms with Gasteiger partial charge in [-0.25, -0.2) is 31.9 Å². The predicted octanol–water partition coefficient (Wildman–Crippen LogP) is 9.58. The van der Waals surface area contributed by atoms with Crippen molar-refractivity contribution in [1.82, 2.24) is 9.97 Å². The molecule has 0 spiro atoms. The van der Waals surface area contributed by atoms with E-state index in [1.807, 2.05) is 0 Å². The zero-order chi connectivity index (χ0) is 35.2. The molecule has 0 saturated heterocycles. The van der Waals surface area contributed by atoms with Gasteiger partial charge in [0.1, 0.15) is 51.5 Å². The smallest absolute Gasteiger partial charge is 0.184 e. The van der Waals surface area contributed by atoms with Crippen LogP contribution in [0, 0.1) is 42.9 Å². The predicted molar refractivity (Wildman–Crippen MR) is 174 cm³/mol. The summed E-state index contributed by atoms with van der Waals surface area (Å²) in [6.07, 6.45) is -0.549. The fourth-order valence-electron chi connectivity index (χ4n) is 5.89. The van der Waals surface area contributed by atoms with Gasteiger partial charge in [-0.2, -0.15) is 0 Å². The SMILES string of the molecule is Cc1nc2c(F)cccc2cc1Oc1cccc(F)c1C(C)(O)CCC(C)(O)c1c(F)cccc1Oc1cc2ccc(F)c(F)c2nc1C. The van der Waals surface area contributed by atoms with Crippen molar-refractivity contribution in [1.29, 1.82) is 0 Å². The summed E-state index contributed by atoms with van der Waals surface area (Å²) in [5, 5.41) is 24.1. The minimum absolute atomic E-state index is 0.0317. The number of nitrogens with zero attached hydrogens (tertiary/aromatic N) is 2. The zero-order valence-electron chi connectivity index (χ0n) is 26.9. The molecule has 0 saturated carbocycles. The Bertz CT molecular complexity index is 2240. The number of benzene rings is 4. The maximum atomic E-state index is 15.5. The van der Waals surface area contributed by atoms with Crippen LogP contribution in [0.25, 0.3) is 21.8 Å². The molecular formula is C38H31F5N2O4. The molecule has 6 aromatic rings. The van der Waals surface area contributed by atoms with Crippen molar-refractivity contribution in [2.24, 2.45) is 0 Å². The van der Waals surface area contributed by atoms with Gasteiger partial charge in [-0.1, -0.05) is 24.3 Å². The van der Waals surface area contributed by atoms with Gasteiger partial charge in [-0.15, -0.1) is 0 Å². The monoisotopic (exact) mass is 674 g/mol. The van der Waals surface area contributed by atoms with Crippen molar-refractivity contribution in [3.05, 3.63) is 130 Å². The summed E-state index contributed by atoms with van der Waals surface area (Å²) in [6.45, 7) is 5.80. The first-order chi connectivity index (χ1) is 23.2. The molecule has 2 unspecified atom stereocenters. The topological polar surface area (TPSA) is 84.7 Å². The summed E-state index contributed by atoms with van der Waals surface area (Å²) in [5.74, 6) is -4.06. The first-order valence-electron chi connectivity index (χ1n) is 15.4. The number of para-hydroxylation sites is 1. The Morgan fingerprint density at radius 2 is 1.00 bits per heavy atom. The molecule has 2 atom stereocenters. The number of aliphatic hydroxyl groups is 2. The fraction of sp³-hybridized carbons (Fsp3) is 0.211. The summed E-state index contributed by atoms with van der Waals surface area (Å²) in [6, 6.07) is 17.7. The van der Waals surface area contributed by atoms with Gasteiger partial charge >= 0.3 is 0 Å². The van der Waals surface area contributed by atoms with Crippen molar-refractivity contribution in [3.63, 3.8) is 0 Å². The molecule has 2 aromatic heterocycles. The third kappa shape index (κ3) is 6.51. The average Bonchev–Trinajstić information content (AvgIpc) is 3.03. The van der Waals surface area contributed by atoms with Crippen molar-refractivity contribution in [2.75, 3.05) is 0 Å². The number of aryl methyl sites for hydroxylation is 2. The van der Waals surface area contributed by atoms with Gasteiger partial charge in [0.2, 0.25) is 0 Å². The Labute approximate surface area is 278 Å². The summed E-state index contributed by atoms with van der Waals surface area (Å²) in [7, 11) is 0. The van der Waals surface area contributed by atoms with Gasteiger partial charge in [0.05, 0.1) is 33.7 Å². The van der Waals surface area contributed by atoms with E-state index in [0.29, 0.717) is 11.1 Å². The summed E-state index contributed by atoms with van der Waals surface area (Å²) >= 11 is 0. The lowest BCUT2D eigenvalue weighted by Gasteiger charge is -2.32. The normalized spacial score (nSPS) is 14.1. The van der Waals surface area contributed by atoms with Crippen LogP contribution in [-0.2, 0) is 11.2 Å². The largest absolute Gasteiger partial charge is 0.455 e. The molecule has 6 rings (SSSR count). The average molecular weight is 675 g/mol. The highest BCUT2D eigenvalue weighted by Gasteiger charge is 2.37. The van der Waals surface area contributed by atoms with Crippen LogP contribution in [0.5, 0.6) is 23.0 Å². The highest BCUT2D eigenvalue weighted by molar-refractivity contribution is 5.82. The minimum atomic E-state index is -1.96. The van der Waals surface area contributed by atoms with E-state index in [4.69, 9.17) is 9.47 Å². The molecule has 2 heterocycles.